The van der Waals surface area contributed by atoms with E-state index in [1.807, 2.05) is 6.92 Å². The van der Waals surface area contributed by atoms with Crippen LogP contribution in [0.4, 0.5) is 4.79 Å². The lowest BCUT2D eigenvalue weighted by Gasteiger charge is -2.47. The van der Waals surface area contributed by atoms with Gasteiger partial charge in [-0.25, -0.2) is 9.69 Å². The molecule has 0 bridgehead atoms. The van der Waals surface area contributed by atoms with Crippen LogP contribution in [0.1, 0.15) is 40.0 Å². The topological polar surface area (TPSA) is 146 Å². The second-order valence-corrected chi connectivity index (χ2v) is 8.42. The van der Waals surface area contributed by atoms with Gasteiger partial charge in [0.15, 0.2) is 0 Å². The molecule has 0 heterocycles. The Labute approximate surface area is 160 Å². The molecule has 2 unspecified atom stereocenters. The molecule has 0 spiro atoms. The fraction of sp³-hybridized carbons (Fsp3) is 0.882. The summed E-state index contributed by atoms with van der Waals surface area (Å²) in [6, 6.07) is -0.652. The third kappa shape index (κ3) is 7.59. The monoisotopic (exact) mass is 390 g/mol. The third-order valence-corrected chi connectivity index (χ3v) is 4.87. The van der Waals surface area contributed by atoms with Crippen molar-refractivity contribution in [1.82, 2.24) is 20.4 Å². The first-order valence-electron chi connectivity index (χ1n) is 9.06. The number of amides is 3. The van der Waals surface area contributed by atoms with E-state index >= 15 is 0 Å². The van der Waals surface area contributed by atoms with E-state index < -0.39 is 33.0 Å². The van der Waals surface area contributed by atoms with Crippen molar-refractivity contribution in [3.63, 3.8) is 0 Å². The normalized spacial score (nSPS) is 24.5. The molecule has 1 fully saturated rings. The van der Waals surface area contributed by atoms with Crippen molar-refractivity contribution in [2.75, 3.05) is 40.0 Å². The number of nitrogens with one attached hydrogen (secondary N) is 2. The highest BCUT2D eigenvalue weighted by Crippen LogP contribution is 2.45. The average Bonchev–Trinajstić information content (AvgIpc) is 2.57. The first kappa shape index (κ1) is 23.6. The van der Waals surface area contributed by atoms with Crippen molar-refractivity contribution in [2.45, 2.75) is 46.1 Å². The smallest absolute Gasteiger partial charge is 0.321 e. The van der Waals surface area contributed by atoms with Crippen LogP contribution in [0.25, 0.3) is 0 Å². The summed E-state index contributed by atoms with van der Waals surface area (Å²) in [6.07, 6.45) is 2.27. The average molecular weight is 390 g/mol. The highest BCUT2D eigenvalue weighted by molar-refractivity contribution is 5.78. The van der Waals surface area contributed by atoms with Crippen LogP contribution < -0.4 is 10.6 Å². The van der Waals surface area contributed by atoms with Gasteiger partial charge in [-0.15, -0.1) is 0 Å². The van der Waals surface area contributed by atoms with E-state index in [9.17, 15) is 9.59 Å². The Bertz CT molecular complexity index is 496. The van der Waals surface area contributed by atoms with E-state index in [0.29, 0.717) is 13.0 Å². The standard InChI is InChI=1S/C17H34N4O6/c1-16(2)4-13(19-14(26)6-20(9-22)10-23)5-17(3,7-16)8-18-15(27)21(11-24)12-25/h13,22-25H,4-12H2,1-3H3,(H,18,27)(H,19,26). The Hall–Kier alpha value is -1.46. The molecule has 1 saturated carbocycles. The van der Waals surface area contributed by atoms with E-state index in [1.165, 1.54) is 4.90 Å². The molecule has 0 aromatic carbocycles. The van der Waals surface area contributed by atoms with Gasteiger partial charge in [-0.3, -0.25) is 9.69 Å². The van der Waals surface area contributed by atoms with Crippen molar-refractivity contribution in [3.05, 3.63) is 0 Å². The minimum Gasteiger partial charge on any atom is -0.381 e. The highest BCUT2D eigenvalue weighted by atomic mass is 16.3. The lowest BCUT2D eigenvalue weighted by molar-refractivity contribution is -0.126. The minimum atomic E-state index is -0.574. The molecule has 158 valence electrons. The van der Waals surface area contributed by atoms with Crippen LogP contribution in [0.3, 0.4) is 0 Å². The summed E-state index contributed by atoms with van der Waals surface area (Å²) in [5.41, 5.74) is -0.337. The second kappa shape index (κ2) is 10.2. The second-order valence-electron chi connectivity index (χ2n) is 8.42. The van der Waals surface area contributed by atoms with Crippen LogP contribution in [0.2, 0.25) is 0 Å². The molecule has 0 aromatic heterocycles. The van der Waals surface area contributed by atoms with Crippen LogP contribution in [0.5, 0.6) is 0 Å². The van der Waals surface area contributed by atoms with Crippen LogP contribution in [-0.2, 0) is 4.79 Å². The molecule has 0 aliphatic heterocycles. The van der Waals surface area contributed by atoms with Gasteiger partial charge in [0.25, 0.3) is 0 Å². The predicted octanol–water partition coefficient (Wildman–Crippen LogP) is -1.20. The zero-order valence-corrected chi connectivity index (χ0v) is 16.4. The Morgan fingerprint density at radius 1 is 1.00 bits per heavy atom. The van der Waals surface area contributed by atoms with Gasteiger partial charge in [-0.05, 0) is 30.1 Å². The number of rotatable bonds is 9. The number of aliphatic hydroxyl groups is 4. The summed E-state index contributed by atoms with van der Waals surface area (Å²) >= 11 is 0. The number of nitrogens with zero attached hydrogens (tertiary/aromatic N) is 2. The van der Waals surface area contributed by atoms with Gasteiger partial charge in [0.1, 0.15) is 13.5 Å². The minimum absolute atomic E-state index is 0.0586. The summed E-state index contributed by atoms with van der Waals surface area (Å²) in [7, 11) is 0. The predicted molar refractivity (Wildman–Crippen MR) is 98.0 cm³/mol. The van der Waals surface area contributed by atoms with Gasteiger partial charge in [0, 0.05) is 12.6 Å². The molecule has 1 rings (SSSR count). The first-order chi connectivity index (χ1) is 12.6. The molecule has 1 aliphatic rings. The SMILES string of the molecule is CC1(C)CC(NC(=O)CN(CO)CO)CC(C)(CNC(=O)N(CO)CO)C1. The molecule has 27 heavy (non-hydrogen) atoms. The molecule has 1 aliphatic carbocycles. The third-order valence-electron chi connectivity index (χ3n) is 4.87. The molecule has 0 saturated heterocycles. The van der Waals surface area contributed by atoms with Crippen LogP contribution in [0.15, 0.2) is 0 Å². The van der Waals surface area contributed by atoms with Crippen molar-refractivity contribution in [3.8, 4) is 0 Å². The number of aliphatic hydroxyl groups excluding tert-OH is 4. The van der Waals surface area contributed by atoms with Gasteiger partial charge in [-0.2, -0.15) is 0 Å². The van der Waals surface area contributed by atoms with Crippen LogP contribution in [-0.4, -0.2) is 88.2 Å². The van der Waals surface area contributed by atoms with Crippen molar-refractivity contribution >= 4 is 11.9 Å². The van der Waals surface area contributed by atoms with Crippen molar-refractivity contribution < 1.29 is 30.0 Å². The largest absolute Gasteiger partial charge is 0.381 e. The maximum atomic E-state index is 12.2. The number of carbonyl (C=O) groups excluding carboxylic acids is 2. The Balaban J connectivity index is 2.70. The zero-order valence-electron chi connectivity index (χ0n) is 16.4. The van der Waals surface area contributed by atoms with Gasteiger partial charge in [-0.1, -0.05) is 20.8 Å². The van der Waals surface area contributed by atoms with Gasteiger partial charge in [0.05, 0.1) is 20.0 Å². The molecular weight excluding hydrogens is 356 g/mol. The van der Waals surface area contributed by atoms with Crippen molar-refractivity contribution in [1.29, 1.82) is 0 Å². The van der Waals surface area contributed by atoms with E-state index in [-0.39, 0.29) is 29.3 Å². The molecule has 0 radical (unpaired) electrons. The first-order valence-corrected chi connectivity index (χ1v) is 9.06. The Kier molecular flexibility index (Phi) is 8.89. The molecule has 6 N–H and O–H groups in total. The van der Waals surface area contributed by atoms with Crippen LogP contribution in [0, 0.1) is 10.8 Å². The summed E-state index contributed by atoms with van der Waals surface area (Å²) in [6.45, 7) is 4.52. The summed E-state index contributed by atoms with van der Waals surface area (Å²) < 4.78 is 0. The Morgan fingerprint density at radius 2 is 1.59 bits per heavy atom. The maximum absolute atomic E-state index is 12.2. The molecule has 3 amide bonds. The van der Waals surface area contributed by atoms with Gasteiger partial charge >= 0.3 is 6.03 Å². The number of carbonyl (C=O) groups is 2. The molecule has 0 aromatic rings. The fourth-order valence-electron chi connectivity index (χ4n) is 4.07. The lowest BCUT2D eigenvalue weighted by Crippen LogP contribution is -2.53. The summed E-state index contributed by atoms with van der Waals surface area (Å²) in [4.78, 5) is 26.2. The quantitative estimate of drug-likeness (QED) is 0.271. The zero-order chi connectivity index (χ0) is 20.7. The highest BCUT2D eigenvalue weighted by Gasteiger charge is 2.42. The fourth-order valence-corrected chi connectivity index (χ4v) is 4.07. The molecule has 10 nitrogen and oxygen atoms in total. The summed E-state index contributed by atoms with van der Waals surface area (Å²) in [5.74, 6) is -0.279. The molecule has 10 heteroatoms. The van der Waals surface area contributed by atoms with Crippen LogP contribution >= 0.6 is 0 Å². The molecular formula is C17H34N4O6. The Morgan fingerprint density at radius 3 is 2.11 bits per heavy atom. The maximum Gasteiger partial charge on any atom is 0.321 e. The van der Waals surface area contributed by atoms with Crippen molar-refractivity contribution in [2.24, 2.45) is 10.8 Å². The van der Waals surface area contributed by atoms with Gasteiger partial charge in [0.2, 0.25) is 5.91 Å². The van der Waals surface area contributed by atoms with E-state index in [4.69, 9.17) is 20.4 Å². The number of urea groups is 1. The van der Waals surface area contributed by atoms with E-state index in [2.05, 4.69) is 24.5 Å². The van der Waals surface area contributed by atoms with E-state index in [1.54, 1.807) is 0 Å². The summed E-state index contributed by atoms with van der Waals surface area (Å²) in [5, 5.41) is 41.9. The molecule has 2 atom stereocenters. The van der Waals surface area contributed by atoms with E-state index in [0.717, 1.165) is 17.7 Å². The van der Waals surface area contributed by atoms with Gasteiger partial charge < -0.3 is 31.1 Å². The lowest BCUT2D eigenvalue weighted by atomic mass is 9.62. The number of hydrogen-bond donors (Lipinski definition) is 6. The number of hydrogen-bond acceptors (Lipinski definition) is 7.